The molecule has 1 saturated heterocycles. The Bertz CT molecular complexity index is 820. The van der Waals surface area contributed by atoms with E-state index in [-0.39, 0.29) is 11.5 Å². The maximum Gasteiger partial charge on any atom is 0.225 e. The number of thiophene rings is 1. The van der Waals surface area contributed by atoms with Gasteiger partial charge in [-0.15, -0.1) is 11.3 Å². The molecule has 0 spiro atoms. The summed E-state index contributed by atoms with van der Waals surface area (Å²) in [5, 5.41) is 1.19. The highest BCUT2D eigenvalue weighted by Crippen LogP contribution is 2.49. The lowest BCUT2D eigenvalue weighted by Crippen LogP contribution is -2.46. The summed E-state index contributed by atoms with van der Waals surface area (Å²) in [6.45, 7) is 8.62. The quantitative estimate of drug-likeness (QED) is 0.798. The fourth-order valence-electron chi connectivity index (χ4n) is 5.11. The van der Waals surface area contributed by atoms with Crippen molar-refractivity contribution in [2.45, 2.75) is 69.9 Å². The molecular weight excluding hydrogens is 358 g/mol. The molecule has 5 rings (SSSR count). The molecule has 1 saturated carbocycles. The molecule has 0 aromatic carbocycles. The number of ether oxygens (including phenoxy) is 2. The van der Waals surface area contributed by atoms with E-state index in [1.54, 1.807) is 6.33 Å². The highest BCUT2D eigenvalue weighted by molar-refractivity contribution is 7.19. The first-order valence-corrected chi connectivity index (χ1v) is 11.2. The molecule has 0 radical (unpaired) electrons. The van der Waals surface area contributed by atoms with E-state index < -0.39 is 0 Å². The van der Waals surface area contributed by atoms with Crippen molar-refractivity contribution < 1.29 is 9.47 Å². The van der Waals surface area contributed by atoms with Crippen LogP contribution in [0.3, 0.4) is 0 Å². The van der Waals surface area contributed by atoms with E-state index >= 15 is 0 Å². The van der Waals surface area contributed by atoms with Crippen LogP contribution in [0.2, 0.25) is 0 Å². The first kappa shape index (κ1) is 17.8. The molecule has 0 amide bonds. The summed E-state index contributed by atoms with van der Waals surface area (Å²) >= 11 is 1.83. The second-order valence-electron chi connectivity index (χ2n) is 8.84. The van der Waals surface area contributed by atoms with Gasteiger partial charge in [0.1, 0.15) is 17.3 Å². The van der Waals surface area contributed by atoms with Crippen molar-refractivity contribution in [3.05, 3.63) is 16.8 Å². The molecule has 27 heavy (non-hydrogen) atoms. The van der Waals surface area contributed by atoms with Crippen LogP contribution in [0.5, 0.6) is 5.88 Å². The summed E-state index contributed by atoms with van der Waals surface area (Å²) in [7, 11) is 0. The van der Waals surface area contributed by atoms with Crippen LogP contribution in [0.15, 0.2) is 6.33 Å². The highest BCUT2D eigenvalue weighted by atomic mass is 32.1. The molecule has 6 heteroatoms. The molecule has 0 N–H and O–H groups in total. The number of hydrogen-bond acceptors (Lipinski definition) is 6. The summed E-state index contributed by atoms with van der Waals surface area (Å²) in [6.07, 6.45) is 8.98. The number of morpholine rings is 1. The average Bonchev–Trinajstić information content (AvgIpc) is 3.21. The van der Waals surface area contributed by atoms with E-state index in [1.165, 1.54) is 35.1 Å². The minimum Gasteiger partial charge on any atom is -0.474 e. The van der Waals surface area contributed by atoms with Gasteiger partial charge < -0.3 is 9.47 Å². The van der Waals surface area contributed by atoms with Crippen LogP contribution in [-0.2, 0) is 16.6 Å². The molecule has 0 unspecified atom stereocenters. The molecule has 2 aromatic heterocycles. The van der Waals surface area contributed by atoms with E-state index in [1.807, 2.05) is 11.3 Å². The number of hydrogen-bond donors (Lipinski definition) is 0. The molecule has 3 heterocycles. The van der Waals surface area contributed by atoms with Crippen LogP contribution in [0.1, 0.15) is 56.4 Å². The zero-order valence-electron chi connectivity index (χ0n) is 16.4. The second-order valence-corrected chi connectivity index (χ2v) is 9.92. The lowest BCUT2D eigenvalue weighted by Gasteiger charge is -2.38. The summed E-state index contributed by atoms with van der Waals surface area (Å²) in [5.74, 6) is 0.822. The first-order chi connectivity index (χ1) is 13.1. The second kappa shape index (κ2) is 6.98. The molecule has 2 aromatic rings. The standard InChI is InChI=1S/C21H29N3O2S/c1-21(2)8-7-16-18(21)17-19(22-13-23-20(17)27-16)26-15-5-3-14(4-6-15)24-9-11-25-12-10-24/h13-15H,3-12H2,1-2H3/t14-,15-. The Morgan fingerprint density at radius 2 is 1.93 bits per heavy atom. The zero-order chi connectivity index (χ0) is 18.4. The van der Waals surface area contributed by atoms with Crippen LogP contribution in [0.4, 0.5) is 0 Å². The van der Waals surface area contributed by atoms with Crippen LogP contribution < -0.4 is 4.74 Å². The van der Waals surface area contributed by atoms with Crippen molar-refractivity contribution in [3.63, 3.8) is 0 Å². The Kier molecular flexibility index (Phi) is 4.61. The van der Waals surface area contributed by atoms with Gasteiger partial charge in [-0.2, -0.15) is 0 Å². The molecule has 0 atom stereocenters. The Morgan fingerprint density at radius 1 is 1.15 bits per heavy atom. The summed E-state index contributed by atoms with van der Waals surface area (Å²) in [4.78, 5) is 14.3. The predicted octanol–water partition coefficient (Wildman–Crippen LogP) is 3.94. The van der Waals surface area contributed by atoms with Crippen molar-refractivity contribution in [3.8, 4) is 5.88 Å². The zero-order valence-corrected chi connectivity index (χ0v) is 17.2. The highest BCUT2D eigenvalue weighted by Gasteiger charge is 2.36. The normalized spacial score (nSPS) is 28.4. The molecular formula is C21H29N3O2S. The Hall–Kier alpha value is -1.24. The number of fused-ring (bicyclic) bond motifs is 3. The number of aromatic nitrogens is 2. The Morgan fingerprint density at radius 3 is 2.70 bits per heavy atom. The smallest absolute Gasteiger partial charge is 0.225 e. The molecule has 0 bridgehead atoms. The van der Waals surface area contributed by atoms with Gasteiger partial charge >= 0.3 is 0 Å². The van der Waals surface area contributed by atoms with Gasteiger partial charge in [-0.3, -0.25) is 4.90 Å². The monoisotopic (exact) mass is 387 g/mol. The minimum absolute atomic E-state index is 0.199. The van der Waals surface area contributed by atoms with Crippen molar-refractivity contribution in [1.29, 1.82) is 0 Å². The van der Waals surface area contributed by atoms with Gasteiger partial charge in [0.05, 0.1) is 18.6 Å². The van der Waals surface area contributed by atoms with E-state index in [4.69, 9.17) is 9.47 Å². The lowest BCUT2D eigenvalue weighted by atomic mass is 9.86. The van der Waals surface area contributed by atoms with Gasteiger partial charge in [0.25, 0.3) is 0 Å². The fraction of sp³-hybridized carbons (Fsp3) is 0.714. The number of nitrogens with zero attached hydrogens (tertiary/aromatic N) is 3. The summed E-state index contributed by atoms with van der Waals surface area (Å²) in [6, 6.07) is 0.698. The molecule has 2 aliphatic carbocycles. The average molecular weight is 388 g/mol. The van der Waals surface area contributed by atoms with Crippen molar-refractivity contribution >= 4 is 21.6 Å². The largest absolute Gasteiger partial charge is 0.474 e. The molecule has 5 nitrogen and oxygen atoms in total. The van der Waals surface area contributed by atoms with Crippen LogP contribution in [-0.4, -0.2) is 53.3 Å². The summed E-state index contributed by atoms with van der Waals surface area (Å²) < 4.78 is 12.0. The SMILES string of the molecule is CC1(C)CCc2sc3ncnc(O[C@H]4CC[C@H](N5CCOCC5)CC4)c3c21. The number of aryl methyl sites for hydroxylation is 1. The van der Waals surface area contributed by atoms with Gasteiger partial charge in [0.15, 0.2) is 0 Å². The molecule has 146 valence electrons. The van der Waals surface area contributed by atoms with E-state index in [0.717, 1.165) is 56.3 Å². The van der Waals surface area contributed by atoms with Crippen LogP contribution in [0, 0.1) is 0 Å². The van der Waals surface area contributed by atoms with Crippen molar-refractivity contribution in [2.75, 3.05) is 26.3 Å². The first-order valence-electron chi connectivity index (χ1n) is 10.4. The van der Waals surface area contributed by atoms with Crippen molar-refractivity contribution in [1.82, 2.24) is 14.9 Å². The summed E-state index contributed by atoms with van der Waals surface area (Å²) in [5.41, 5.74) is 1.64. The maximum atomic E-state index is 6.49. The van der Waals surface area contributed by atoms with E-state index in [2.05, 4.69) is 28.7 Å². The van der Waals surface area contributed by atoms with Gasteiger partial charge in [0.2, 0.25) is 5.88 Å². The topological polar surface area (TPSA) is 47.5 Å². The van der Waals surface area contributed by atoms with Gasteiger partial charge in [-0.1, -0.05) is 13.8 Å². The fourth-order valence-corrected chi connectivity index (χ4v) is 6.42. The van der Waals surface area contributed by atoms with Crippen molar-refractivity contribution in [2.24, 2.45) is 0 Å². The lowest BCUT2D eigenvalue weighted by molar-refractivity contribution is -0.00126. The molecule has 2 fully saturated rings. The Labute approximate surface area is 165 Å². The third-order valence-electron chi connectivity index (χ3n) is 6.66. The van der Waals surface area contributed by atoms with Crippen LogP contribution >= 0.6 is 11.3 Å². The third kappa shape index (κ3) is 3.26. The van der Waals surface area contributed by atoms with Gasteiger partial charge in [-0.05, 0) is 49.5 Å². The van der Waals surface area contributed by atoms with E-state index in [9.17, 15) is 0 Å². The van der Waals surface area contributed by atoms with Gasteiger partial charge in [-0.25, -0.2) is 9.97 Å². The minimum atomic E-state index is 0.199. The van der Waals surface area contributed by atoms with Crippen LogP contribution in [0.25, 0.3) is 10.2 Å². The Balaban J connectivity index is 1.33. The molecule has 3 aliphatic rings. The molecule has 1 aliphatic heterocycles. The van der Waals surface area contributed by atoms with Gasteiger partial charge in [0, 0.05) is 24.0 Å². The third-order valence-corrected chi connectivity index (χ3v) is 7.82. The van der Waals surface area contributed by atoms with E-state index in [0.29, 0.717) is 6.04 Å². The number of rotatable bonds is 3. The predicted molar refractivity (Wildman–Crippen MR) is 108 cm³/mol. The maximum absolute atomic E-state index is 6.49.